The van der Waals surface area contributed by atoms with Crippen LogP contribution >= 0.6 is 0 Å². The number of hydrogen-bond donors (Lipinski definition) is 3. The summed E-state index contributed by atoms with van der Waals surface area (Å²) in [5.74, 6) is 2.09. The van der Waals surface area contributed by atoms with Gasteiger partial charge in [-0.15, -0.1) is 0 Å². The molecule has 3 rings (SSSR count). The zero-order valence-electron chi connectivity index (χ0n) is 20.6. The quantitative estimate of drug-likeness (QED) is 0.477. The van der Waals surface area contributed by atoms with E-state index in [0.29, 0.717) is 30.1 Å². The van der Waals surface area contributed by atoms with E-state index >= 15 is 0 Å². The van der Waals surface area contributed by atoms with Gasteiger partial charge in [0.2, 0.25) is 0 Å². The Kier molecular flexibility index (Phi) is 7.30. The van der Waals surface area contributed by atoms with Crippen LogP contribution in [-0.4, -0.2) is 32.6 Å². The Morgan fingerprint density at radius 1 is 1.23 bits per heavy atom. The van der Waals surface area contributed by atoms with E-state index in [1.54, 1.807) is 12.5 Å². The molecule has 0 aromatic carbocycles. The van der Waals surface area contributed by atoms with Gasteiger partial charge in [0, 0.05) is 6.42 Å². The zero-order valence-corrected chi connectivity index (χ0v) is 20.6. The number of rotatable bonds is 6. The molecular weight excluding hydrogens is 384 g/mol. The number of hydrogen-bond acceptors (Lipinski definition) is 3. The summed E-state index contributed by atoms with van der Waals surface area (Å²) in [5.41, 5.74) is 2.11. The van der Waals surface area contributed by atoms with Crippen molar-refractivity contribution in [2.45, 2.75) is 116 Å². The van der Waals surface area contributed by atoms with Crippen LogP contribution < -0.4 is 0 Å². The van der Waals surface area contributed by atoms with Gasteiger partial charge in [-0.2, -0.15) is 0 Å². The summed E-state index contributed by atoms with van der Waals surface area (Å²) in [6, 6.07) is 0. The molecule has 0 radical (unpaired) electrons. The predicted molar refractivity (Wildman–Crippen MR) is 129 cm³/mol. The largest absolute Gasteiger partial charge is 0.393 e. The van der Waals surface area contributed by atoms with Crippen molar-refractivity contribution >= 4 is 0 Å². The summed E-state index contributed by atoms with van der Waals surface area (Å²) in [4.78, 5) is 0. The first-order valence-electron chi connectivity index (χ1n) is 12.6. The molecule has 3 nitrogen and oxygen atoms in total. The van der Waals surface area contributed by atoms with Crippen LogP contribution in [0.3, 0.4) is 0 Å². The van der Waals surface area contributed by atoms with Gasteiger partial charge in [-0.3, -0.25) is 0 Å². The second-order valence-corrected chi connectivity index (χ2v) is 12.0. The molecule has 0 aromatic heterocycles. The standard InChI is InChI=1S/C28H46O3/c1-19(9-7-15-26(3,4)30)24-13-14-25-21(10-8-16-27(24,25)5)11-12-22-17-23(29)18-28(6,31)20(22)2/h11-12,19,23-25,29-31H,2,7-10,13-18H2,1,3-6H3/b21-11+,22-12+/t19-,23-,24-,25+,27-,28+/m1/s1. The Bertz CT molecular complexity index is 723. The Morgan fingerprint density at radius 2 is 1.94 bits per heavy atom. The van der Waals surface area contributed by atoms with Crippen LogP contribution in [0.2, 0.25) is 0 Å². The van der Waals surface area contributed by atoms with E-state index in [9.17, 15) is 15.3 Å². The van der Waals surface area contributed by atoms with Gasteiger partial charge < -0.3 is 15.3 Å². The van der Waals surface area contributed by atoms with Gasteiger partial charge in [-0.05, 0) is 100 Å². The van der Waals surface area contributed by atoms with E-state index in [-0.39, 0.29) is 0 Å². The van der Waals surface area contributed by atoms with Crippen molar-refractivity contribution in [3.63, 3.8) is 0 Å². The van der Waals surface area contributed by atoms with Crippen molar-refractivity contribution in [1.29, 1.82) is 0 Å². The molecular formula is C28H46O3. The molecule has 176 valence electrons. The molecule has 6 atom stereocenters. The van der Waals surface area contributed by atoms with Gasteiger partial charge in [0.15, 0.2) is 0 Å². The fourth-order valence-corrected chi connectivity index (χ4v) is 7.03. The molecule has 3 saturated carbocycles. The third kappa shape index (κ3) is 5.54. The molecule has 3 aliphatic rings. The Balaban J connectivity index is 1.72. The van der Waals surface area contributed by atoms with E-state index < -0.39 is 17.3 Å². The molecule has 0 amide bonds. The highest BCUT2D eigenvalue weighted by Crippen LogP contribution is 2.60. The highest BCUT2D eigenvalue weighted by molar-refractivity contribution is 5.41. The summed E-state index contributed by atoms with van der Waals surface area (Å²) < 4.78 is 0. The molecule has 3 fully saturated rings. The second-order valence-electron chi connectivity index (χ2n) is 12.0. The molecule has 0 saturated heterocycles. The van der Waals surface area contributed by atoms with Crippen LogP contribution in [0.1, 0.15) is 98.8 Å². The lowest BCUT2D eigenvalue weighted by molar-refractivity contribution is 0.0204. The van der Waals surface area contributed by atoms with E-state index in [2.05, 4.69) is 32.6 Å². The van der Waals surface area contributed by atoms with E-state index in [1.807, 2.05) is 13.8 Å². The Morgan fingerprint density at radius 3 is 2.61 bits per heavy atom. The number of fused-ring (bicyclic) bond motifs is 1. The van der Waals surface area contributed by atoms with E-state index in [1.165, 1.54) is 32.1 Å². The molecule has 0 aromatic rings. The second kappa shape index (κ2) is 9.15. The maximum atomic E-state index is 10.6. The van der Waals surface area contributed by atoms with E-state index in [4.69, 9.17) is 0 Å². The van der Waals surface area contributed by atoms with Crippen LogP contribution in [0.25, 0.3) is 0 Å². The van der Waals surface area contributed by atoms with Gasteiger partial charge in [0.1, 0.15) is 0 Å². The minimum atomic E-state index is -1.01. The molecule has 0 unspecified atom stereocenters. The van der Waals surface area contributed by atoms with Crippen LogP contribution in [0.5, 0.6) is 0 Å². The normalized spacial score (nSPS) is 40.4. The Hall–Kier alpha value is -0.900. The summed E-state index contributed by atoms with van der Waals surface area (Å²) in [7, 11) is 0. The van der Waals surface area contributed by atoms with Crippen LogP contribution in [-0.2, 0) is 0 Å². The fourth-order valence-electron chi connectivity index (χ4n) is 7.03. The topological polar surface area (TPSA) is 60.7 Å². The predicted octanol–water partition coefficient (Wildman–Crippen LogP) is 6.09. The lowest BCUT2D eigenvalue weighted by Crippen LogP contribution is -2.37. The number of aliphatic hydroxyl groups excluding tert-OH is 1. The first-order chi connectivity index (χ1) is 14.3. The molecule has 0 bridgehead atoms. The molecule has 0 spiro atoms. The van der Waals surface area contributed by atoms with Crippen LogP contribution in [0.4, 0.5) is 0 Å². The molecule has 3 aliphatic carbocycles. The summed E-state index contributed by atoms with van der Waals surface area (Å²) >= 11 is 0. The lowest BCUT2D eigenvalue weighted by atomic mass is 9.60. The maximum absolute atomic E-state index is 10.6. The van der Waals surface area contributed by atoms with Gasteiger partial charge in [0.05, 0.1) is 17.3 Å². The van der Waals surface area contributed by atoms with Gasteiger partial charge in [-0.1, -0.05) is 51.0 Å². The van der Waals surface area contributed by atoms with Crippen LogP contribution in [0, 0.1) is 23.2 Å². The molecule has 3 N–H and O–H groups in total. The SMILES string of the molecule is C=C1/C(=C/C=C2\CCC[C@]3(C)[C@@H]([C@H](C)CCCC(C)(C)O)CC[C@@H]23)C[C@@H](O)C[C@]1(C)O. The highest BCUT2D eigenvalue weighted by atomic mass is 16.3. The first kappa shape index (κ1) is 24.7. The monoisotopic (exact) mass is 430 g/mol. The van der Waals surface area contributed by atoms with Crippen molar-refractivity contribution in [3.05, 3.63) is 35.5 Å². The highest BCUT2D eigenvalue weighted by Gasteiger charge is 2.50. The molecule has 0 aliphatic heterocycles. The fraction of sp³-hybridized carbons (Fsp3) is 0.786. The lowest BCUT2D eigenvalue weighted by Gasteiger charge is -2.44. The molecule has 0 heterocycles. The molecule has 3 heteroatoms. The number of allylic oxidation sites excluding steroid dienone is 3. The molecule has 31 heavy (non-hydrogen) atoms. The average molecular weight is 431 g/mol. The smallest absolute Gasteiger partial charge is 0.0890 e. The van der Waals surface area contributed by atoms with Gasteiger partial charge in [-0.25, -0.2) is 0 Å². The minimum Gasteiger partial charge on any atom is -0.393 e. The van der Waals surface area contributed by atoms with Crippen molar-refractivity contribution in [1.82, 2.24) is 0 Å². The van der Waals surface area contributed by atoms with Gasteiger partial charge in [0.25, 0.3) is 0 Å². The minimum absolute atomic E-state index is 0.366. The summed E-state index contributed by atoms with van der Waals surface area (Å²) in [5, 5.41) is 30.8. The van der Waals surface area contributed by atoms with Crippen molar-refractivity contribution < 1.29 is 15.3 Å². The van der Waals surface area contributed by atoms with Crippen LogP contribution in [0.15, 0.2) is 35.5 Å². The third-order valence-electron chi connectivity index (χ3n) is 8.80. The number of aliphatic hydroxyl groups is 3. The summed E-state index contributed by atoms with van der Waals surface area (Å²) in [6.45, 7) is 14.7. The Labute approximate surface area is 190 Å². The first-order valence-corrected chi connectivity index (χ1v) is 12.6. The van der Waals surface area contributed by atoms with Gasteiger partial charge >= 0.3 is 0 Å². The van der Waals surface area contributed by atoms with Crippen molar-refractivity contribution in [2.75, 3.05) is 0 Å². The third-order valence-corrected chi connectivity index (χ3v) is 8.80. The van der Waals surface area contributed by atoms with Crippen molar-refractivity contribution in [3.8, 4) is 0 Å². The van der Waals surface area contributed by atoms with Crippen molar-refractivity contribution in [2.24, 2.45) is 23.2 Å². The van der Waals surface area contributed by atoms with E-state index in [0.717, 1.165) is 36.3 Å². The maximum Gasteiger partial charge on any atom is 0.0890 e. The summed E-state index contributed by atoms with van der Waals surface area (Å²) in [6.07, 6.45) is 14.4. The zero-order chi connectivity index (χ0) is 23.0. The average Bonchev–Trinajstić information content (AvgIpc) is 2.99.